The van der Waals surface area contributed by atoms with Crippen molar-refractivity contribution in [3.63, 3.8) is 0 Å². The van der Waals surface area contributed by atoms with Crippen LogP contribution in [0.15, 0.2) is 72.1 Å². The summed E-state index contributed by atoms with van der Waals surface area (Å²) in [7, 11) is 0. The van der Waals surface area contributed by atoms with Crippen LogP contribution in [0.1, 0.15) is 26.8 Å². The second-order valence-corrected chi connectivity index (χ2v) is 9.24. The first-order valence-electron chi connectivity index (χ1n) is 10.5. The number of anilines is 1. The van der Waals surface area contributed by atoms with Gasteiger partial charge in [-0.1, -0.05) is 54.1 Å². The molecule has 2 fully saturated rings. The molecule has 2 aromatic carbocycles. The minimum atomic E-state index is -1.24. The minimum Gasteiger partial charge on any atom is -0.368 e. The number of carbonyl (C=O) groups excluding carboxylic acids is 4. The number of para-hydroxylation sites is 1. The number of amides is 4. The summed E-state index contributed by atoms with van der Waals surface area (Å²) in [5.74, 6) is -4.14. The average Bonchev–Trinajstić information content (AvgIpc) is 3.51. The molecule has 7 nitrogen and oxygen atoms in total. The van der Waals surface area contributed by atoms with Gasteiger partial charge in [-0.2, -0.15) is 0 Å². The number of aryl methyl sites for hydroxylation is 1. The van der Waals surface area contributed by atoms with Crippen molar-refractivity contribution in [1.82, 2.24) is 4.90 Å². The van der Waals surface area contributed by atoms with Crippen molar-refractivity contribution in [3.8, 4) is 0 Å². The molecule has 0 bridgehead atoms. The maximum absolute atomic E-state index is 13.7. The van der Waals surface area contributed by atoms with Crippen LogP contribution in [-0.4, -0.2) is 34.6 Å². The lowest BCUT2D eigenvalue weighted by Crippen LogP contribution is -2.50. The Balaban J connectivity index is 1.68. The maximum atomic E-state index is 13.7. The Morgan fingerprint density at radius 2 is 1.55 bits per heavy atom. The molecular weight excluding hydrogens is 438 g/mol. The predicted molar refractivity (Wildman–Crippen MR) is 123 cm³/mol. The van der Waals surface area contributed by atoms with Crippen LogP contribution in [0.5, 0.6) is 0 Å². The van der Waals surface area contributed by atoms with Crippen LogP contribution in [0.4, 0.5) is 5.69 Å². The van der Waals surface area contributed by atoms with Gasteiger partial charge in [0.15, 0.2) is 0 Å². The number of rotatable bonds is 4. The topological polar surface area (TPSA) is 101 Å². The van der Waals surface area contributed by atoms with Crippen molar-refractivity contribution in [2.24, 2.45) is 17.6 Å². The molecule has 0 spiro atoms. The highest BCUT2D eigenvalue weighted by molar-refractivity contribution is 7.12. The van der Waals surface area contributed by atoms with E-state index in [0.717, 1.165) is 10.5 Å². The molecule has 2 aliphatic heterocycles. The SMILES string of the molecule is Cc1ccc(C2C3C(=O)N(c4ccccc4)C(=O)C3C(C(N)=O)N2C(=O)c2cccs2)cc1. The van der Waals surface area contributed by atoms with E-state index in [1.807, 2.05) is 31.2 Å². The van der Waals surface area contributed by atoms with Crippen LogP contribution in [0, 0.1) is 18.8 Å². The van der Waals surface area contributed by atoms with Crippen LogP contribution in [0.3, 0.4) is 0 Å². The monoisotopic (exact) mass is 459 g/mol. The molecule has 4 unspecified atom stereocenters. The van der Waals surface area contributed by atoms with E-state index in [0.29, 0.717) is 16.1 Å². The molecule has 2 aliphatic rings. The number of thiophene rings is 1. The summed E-state index contributed by atoms with van der Waals surface area (Å²) in [5, 5.41) is 1.76. The summed E-state index contributed by atoms with van der Waals surface area (Å²) in [6, 6.07) is 17.4. The first-order valence-corrected chi connectivity index (χ1v) is 11.4. The van der Waals surface area contributed by atoms with Crippen molar-refractivity contribution in [2.45, 2.75) is 19.0 Å². The Morgan fingerprint density at radius 1 is 0.879 bits per heavy atom. The van der Waals surface area contributed by atoms with Gasteiger partial charge in [-0.15, -0.1) is 11.3 Å². The Labute approximate surface area is 194 Å². The summed E-state index contributed by atoms with van der Waals surface area (Å²) < 4.78 is 0. The van der Waals surface area contributed by atoms with Crippen LogP contribution >= 0.6 is 11.3 Å². The number of benzene rings is 2. The number of nitrogens with zero attached hydrogens (tertiary/aromatic N) is 2. The lowest BCUT2D eigenvalue weighted by molar-refractivity contribution is -0.129. The number of carbonyl (C=O) groups is 4. The van der Waals surface area contributed by atoms with Crippen LogP contribution in [-0.2, 0) is 14.4 Å². The molecule has 4 atom stereocenters. The Bertz CT molecular complexity index is 1240. The summed E-state index contributed by atoms with van der Waals surface area (Å²) >= 11 is 1.23. The Hall–Kier alpha value is -3.78. The standard InChI is InChI=1S/C25H21N3O4S/c1-14-9-11-15(12-10-14)20-18-19(25(32)27(24(18)31)16-6-3-2-4-7-16)21(22(26)29)28(20)23(30)17-8-5-13-33-17/h2-13,18-21H,1H3,(H2,26,29). The molecule has 2 saturated heterocycles. The van der Waals surface area contributed by atoms with Crippen LogP contribution in [0.25, 0.3) is 0 Å². The molecule has 3 aromatic rings. The highest BCUT2D eigenvalue weighted by Crippen LogP contribution is 2.51. The zero-order valence-electron chi connectivity index (χ0n) is 17.8. The molecule has 8 heteroatoms. The number of likely N-dealkylation sites (tertiary alicyclic amines) is 1. The second kappa shape index (κ2) is 7.97. The van der Waals surface area contributed by atoms with Crippen molar-refractivity contribution >= 4 is 40.7 Å². The predicted octanol–water partition coefficient (Wildman–Crippen LogP) is 2.91. The van der Waals surface area contributed by atoms with E-state index in [4.69, 9.17) is 5.73 Å². The lowest BCUT2D eigenvalue weighted by atomic mass is 9.86. The number of fused-ring (bicyclic) bond motifs is 1. The first-order chi connectivity index (χ1) is 15.9. The van der Waals surface area contributed by atoms with Gasteiger partial charge in [0.05, 0.1) is 28.4 Å². The van der Waals surface area contributed by atoms with Crippen molar-refractivity contribution < 1.29 is 19.2 Å². The number of primary amides is 1. The second-order valence-electron chi connectivity index (χ2n) is 8.29. The zero-order valence-corrected chi connectivity index (χ0v) is 18.6. The van der Waals surface area contributed by atoms with E-state index in [-0.39, 0.29) is 0 Å². The van der Waals surface area contributed by atoms with Crippen molar-refractivity contribution in [2.75, 3.05) is 4.90 Å². The molecule has 0 aliphatic carbocycles. The summed E-state index contributed by atoms with van der Waals surface area (Å²) in [5.41, 5.74) is 7.90. The third-order valence-corrected chi connectivity index (χ3v) is 7.23. The smallest absolute Gasteiger partial charge is 0.265 e. The maximum Gasteiger partial charge on any atom is 0.265 e. The minimum absolute atomic E-state index is 0.415. The van der Waals surface area contributed by atoms with Gasteiger partial charge >= 0.3 is 0 Å². The number of hydrogen-bond donors (Lipinski definition) is 1. The molecule has 1 aromatic heterocycles. The molecule has 4 amide bonds. The van der Waals surface area contributed by atoms with Gasteiger partial charge in [0.2, 0.25) is 17.7 Å². The van der Waals surface area contributed by atoms with Gasteiger partial charge in [0.25, 0.3) is 5.91 Å². The van der Waals surface area contributed by atoms with Crippen molar-refractivity contribution in [1.29, 1.82) is 0 Å². The van der Waals surface area contributed by atoms with E-state index < -0.39 is 47.5 Å². The quantitative estimate of drug-likeness (QED) is 0.606. The van der Waals surface area contributed by atoms with Gasteiger partial charge in [0.1, 0.15) is 6.04 Å². The van der Waals surface area contributed by atoms with Crippen LogP contribution in [0.2, 0.25) is 0 Å². The fourth-order valence-electron chi connectivity index (χ4n) is 4.95. The molecule has 166 valence electrons. The normalized spacial score (nSPS) is 24.3. The Kier molecular flexibility index (Phi) is 5.09. The molecule has 33 heavy (non-hydrogen) atoms. The third-order valence-electron chi connectivity index (χ3n) is 6.37. The number of imide groups is 1. The molecule has 2 N–H and O–H groups in total. The summed E-state index contributed by atoms with van der Waals surface area (Å²) in [6.45, 7) is 1.93. The molecule has 5 rings (SSSR count). The summed E-state index contributed by atoms with van der Waals surface area (Å²) in [4.78, 5) is 56.4. The van der Waals surface area contributed by atoms with Gasteiger partial charge < -0.3 is 10.6 Å². The third kappa shape index (κ3) is 3.25. The molecular formula is C25H21N3O4S. The Morgan fingerprint density at radius 3 is 2.15 bits per heavy atom. The molecule has 3 heterocycles. The van der Waals surface area contributed by atoms with E-state index >= 15 is 0 Å². The largest absolute Gasteiger partial charge is 0.368 e. The number of hydrogen-bond acceptors (Lipinski definition) is 5. The highest BCUT2D eigenvalue weighted by Gasteiger charge is 2.65. The van der Waals surface area contributed by atoms with E-state index in [1.165, 1.54) is 16.2 Å². The lowest BCUT2D eigenvalue weighted by Gasteiger charge is -2.32. The van der Waals surface area contributed by atoms with Crippen molar-refractivity contribution in [3.05, 3.63) is 88.1 Å². The van der Waals surface area contributed by atoms with E-state index in [1.54, 1.807) is 47.8 Å². The number of nitrogens with two attached hydrogens (primary N) is 1. The van der Waals surface area contributed by atoms with E-state index in [2.05, 4.69) is 0 Å². The molecule has 0 radical (unpaired) electrons. The fourth-order valence-corrected chi connectivity index (χ4v) is 5.62. The van der Waals surface area contributed by atoms with Gasteiger partial charge in [-0.05, 0) is 36.1 Å². The van der Waals surface area contributed by atoms with Gasteiger partial charge in [-0.25, -0.2) is 4.90 Å². The first kappa shape index (κ1) is 21.1. The van der Waals surface area contributed by atoms with Crippen LogP contribution < -0.4 is 10.6 Å². The fraction of sp³-hybridized carbons (Fsp3) is 0.200. The van der Waals surface area contributed by atoms with E-state index in [9.17, 15) is 19.2 Å². The zero-order chi connectivity index (χ0) is 23.3. The van der Waals surface area contributed by atoms with Gasteiger partial charge in [0, 0.05) is 0 Å². The molecule has 0 saturated carbocycles. The average molecular weight is 460 g/mol. The van der Waals surface area contributed by atoms with Gasteiger partial charge in [-0.3, -0.25) is 19.2 Å². The summed E-state index contributed by atoms with van der Waals surface area (Å²) in [6.07, 6.45) is 0. The highest BCUT2D eigenvalue weighted by atomic mass is 32.1.